The second-order valence-corrected chi connectivity index (χ2v) is 7.26. The zero-order valence-electron chi connectivity index (χ0n) is 16.6. The second-order valence-electron chi connectivity index (χ2n) is 7.26. The van der Waals surface area contributed by atoms with E-state index in [0.29, 0.717) is 18.8 Å². The zero-order chi connectivity index (χ0) is 20.8. The van der Waals surface area contributed by atoms with Crippen LogP contribution < -0.4 is 15.6 Å². The van der Waals surface area contributed by atoms with Gasteiger partial charge in [0.25, 0.3) is 5.91 Å². The van der Waals surface area contributed by atoms with E-state index in [4.69, 9.17) is 4.74 Å². The molecule has 1 unspecified atom stereocenters. The molecular formula is C22H25N3O4. The number of hydrogen-bond acceptors (Lipinski definition) is 4. The minimum Gasteiger partial charge on any atom is -0.483 e. The number of hydrazine groups is 1. The zero-order valence-corrected chi connectivity index (χ0v) is 16.6. The van der Waals surface area contributed by atoms with Crippen LogP contribution in [-0.4, -0.2) is 35.8 Å². The lowest BCUT2D eigenvalue weighted by molar-refractivity contribution is -0.132. The molecule has 0 aliphatic carbocycles. The molecule has 3 amide bonds. The van der Waals surface area contributed by atoms with Gasteiger partial charge in [-0.15, -0.1) is 0 Å². The first kappa shape index (κ1) is 20.4. The molecule has 1 heterocycles. The Hall–Kier alpha value is -3.35. The van der Waals surface area contributed by atoms with Crippen molar-refractivity contribution in [3.8, 4) is 5.75 Å². The standard InChI is InChI=1S/C22H25N3O4/c1-15-8-9-16(2)19(10-15)29-14-20(26)23-24-22(28)18-11-21(27)25(13-18)12-17-6-4-3-5-7-17/h3-10,18H,11-14H2,1-2H3,(H,23,26)(H,24,28). The molecule has 1 fully saturated rings. The number of aryl methyl sites for hydroxylation is 2. The third-order valence-corrected chi connectivity index (χ3v) is 4.83. The van der Waals surface area contributed by atoms with Crippen LogP contribution in [0.3, 0.4) is 0 Å². The van der Waals surface area contributed by atoms with E-state index in [-0.39, 0.29) is 24.8 Å². The minimum atomic E-state index is -0.494. The quantitative estimate of drug-likeness (QED) is 0.731. The van der Waals surface area contributed by atoms with Crippen LogP contribution in [0.25, 0.3) is 0 Å². The summed E-state index contributed by atoms with van der Waals surface area (Å²) < 4.78 is 5.51. The normalized spacial score (nSPS) is 15.9. The number of amides is 3. The Labute approximate surface area is 170 Å². The maximum absolute atomic E-state index is 12.3. The van der Waals surface area contributed by atoms with Crippen molar-refractivity contribution < 1.29 is 19.1 Å². The molecule has 1 aliphatic rings. The average molecular weight is 395 g/mol. The second kappa shape index (κ2) is 9.23. The van der Waals surface area contributed by atoms with Gasteiger partial charge in [-0.05, 0) is 36.6 Å². The van der Waals surface area contributed by atoms with E-state index in [2.05, 4.69) is 10.9 Å². The van der Waals surface area contributed by atoms with Crippen molar-refractivity contribution in [3.05, 3.63) is 65.2 Å². The number of benzene rings is 2. The average Bonchev–Trinajstić information content (AvgIpc) is 3.08. The predicted molar refractivity (Wildman–Crippen MR) is 108 cm³/mol. The van der Waals surface area contributed by atoms with Gasteiger partial charge < -0.3 is 9.64 Å². The highest BCUT2D eigenvalue weighted by Crippen LogP contribution is 2.20. The smallest absolute Gasteiger partial charge is 0.276 e. The summed E-state index contributed by atoms with van der Waals surface area (Å²) in [6.07, 6.45) is 0.132. The van der Waals surface area contributed by atoms with Crippen molar-refractivity contribution in [3.63, 3.8) is 0 Å². The Kier molecular flexibility index (Phi) is 6.49. The van der Waals surface area contributed by atoms with Gasteiger partial charge in [0.15, 0.2) is 6.61 Å². The van der Waals surface area contributed by atoms with Gasteiger partial charge >= 0.3 is 0 Å². The van der Waals surface area contributed by atoms with Crippen molar-refractivity contribution in [1.82, 2.24) is 15.8 Å². The lowest BCUT2D eigenvalue weighted by atomic mass is 10.1. The van der Waals surface area contributed by atoms with Gasteiger partial charge in [-0.2, -0.15) is 0 Å². The van der Waals surface area contributed by atoms with Gasteiger partial charge in [-0.25, -0.2) is 0 Å². The van der Waals surface area contributed by atoms with Crippen LogP contribution in [0, 0.1) is 19.8 Å². The number of carbonyl (C=O) groups is 3. The van der Waals surface area contributed by atoms with Crippen LogP contribution in [-0.2, 0) is 20.9 Å². The topological polar surface area (TPSA) is 87.7 Å². The van der Waals surface area contributed by atoms with Gasteiger partial charge in [0, 0.05) is 19.5 Å². The van der Waals surface area contributed by atoms with Crippen molar-refractivity contribution in [2.24, 2.45) is 5.92 Å². The fourth-order valence-electron chi connectivity index (χ4n) is 3.18. The van der Waals surface area contributed by atoms with E-state index in [9.17, 15) is 14.4 Å². The Morgan fingerprint density at radius 2 is 1.86 bits per heavy atom. The van der Waals surface area contributed by atoms with Crippen molar-refractivity contribution in [2.45, 2.75) is 26.8 Å². The first-order chi connectivity index (χ1) is 13.9. The van der Waals surface area contributed by atoms with Crippen LogP contribution in [0.2, 0.25) is 0 Å². The molecule has 0 radical (unpaired) electrons. The van der Waals surface area contributed by atoms with E-state index in [0.717, 1.165) is 16.7 Å². The number of hydrogen-bond donors (Lipinski definition) is 2. The number of nitrogens with zero attached hydrogens (tertiary/aromatic N) is 1. The molecule has 0 aromatic heterocycles. The monoisotopic (exact) mass is 395 g/mol. The lowest BCUT2D eigenvalue weighted by Gasteiger charge is -2.17. The molecule has 0 spiro atoms. The summed E-state index contributed by atoms with van der Waals surface area (Å²) in [5.74, 6) is -0.784. The van der Waals surface area contributed by atoms with Gasteiger partial charge in [-0.3, -0.25) is 25.2 Å². The molecule has 1 aliphatic heterocycles. The summed E-state index contributed by atoms with van der Waals surface area (Å²) in [6.45, 7) is 4.42. The molecule has 1 atom stereocenters. The number of carbonyl (C=O) groups excluding carboxylic acids is 3. The molecule has 7 heteroatoms. The molecule has 3 rings (SSSR count). The maximum atomic E-state index is 12.3. The largest absolute Gasteiger partial charge is 0.483 e. The molecule has 7 nitrogen and oxygen atoms in total. The van der Waals surface area contributed by atoms with Gasteiger partial charge in [0.1, 0.15) is 5.75 Å². The van der Waals surface area contributed by atoms with Crippen LogP contribution in [0.1, 0.15) is 23.1 Å². The van der Waals surface area contributed by atoms with Crippen molar-refractivity contribution >= 4 is 17.7 Å². The summed E-state index contributed by atoms with van der Waals surface area (Å²) in [4.78, 5) is 38.1. The summed E-state index contributed by atoms with van der Waals surface area (Å²) in [6, 6.07) is 15.4. The Morgan fingerprint density at radius 3 is 2.62 bits per heavy atom. The highest BCUT2D eigenvalue weighted by Gasteiger charge is 2.34. The lowest BCUT2D eigenvalue weighted by Crippen LogP contribution is -2.46. The molecule has 0 bridgehead atoms. The molecule has 2 aromatic carbocycles. The minimum absolute atomic E-state index is 0.0708. The van der Waals surface area contributed by atoms with Crippen molar-refractivity contribution in [2.75, 3.05) is 13.2 Å². The molecule has 29 heavy (non-hydrogen) atoms. The third-order valence-electron chi connectivity index (χ3n) is 4.83. The SMILES string of the molecule is Cc1ccc(C)c(OCC(=O)NNC(=O)C2CC(=O)N(Cc3ccccc3)C2)c1. The highest BCUT2D eigenvalue weighted by molar-refractivity contribution is 5.90. The highest BCUT2D eigenvalue weighted by atomic mass is 16.5. The summed E-state index contributed by atoms with van der Waals surface area (Å²) >= 11 is 0. The molecule has 1 saturated heterocycles. The van der Waals surface area contributed by atoms with E-state index in [1.54, 1.807) is 4.90 Å². The van der Waals surface area contributed by atoms with Gasteiger partial charge in [-0.1, -0.05) is 42.5 Å². The van der Waals surface area contributed by atoms with Gasteiger partial charge in [0.05, 0.1) is 5.92 Å². The number of likely N-dealkylation sites (tertiary alicyclic amines) is 1. The van der Waals surface area contributed by atoms with Crippen LogP contribution in [0.5, 0.6) is 5.75 Å². The Morgan fingerprint density at radius 1 is 1.10 bits per heavy atom. The molecule has 0 saturated carbocycles. The molecular weight excluding hydrogens is 370 g/mol. The van der Waals surface area contributed by atoms with E-state index in [1.165, 1.54) is 0 Å². The van der Waals surface area contributed by atoms with E-state index >= 15 is 0 Å². The first-order valence-electron chi connectivity index (χ1n) is 9.53. The summed E-state index contributed by atoms with van der Waals surface area (Å²) in [5.41, 5.74) is 7.72. The number of rotatable bonds is 6. The van der Waals surface area contributed by atoms with Gasteiger partial charge in [0.2, 0.25) is 11.8 Å². The third kappa shape index (κ3) is 5.57. The molecule has 2 aromatic rings. The fraction of sp³-hybridized carbons (Fsp3) is 0.318. The van der Waals surface area contributed by atoms with Crippen molar-refractivity contribution in [1.29, 1.82) is 0 Å². The fourth-order valence-corrected chi connectivity index (χ4v) is 3.18. The van der Waals surface area contributed by atoms with E-state index in [1.807, 2.05) is 62.4 Å². The van der Waals surface area contributed by atoms with Crippen LogP contribution in [0.4, 0.5) is 0 Å². The number of nitrogens with one attached hydrogen (secondary N) is 2. The molecule has 2 N–H and O–H groups in total. The number of ether oxygens (including phenoxy) is 1. The predicted octanol–water partition coefficient (Wildman–Crippen LogP) is 1.88. The summed E-state index contributed by atoms with van der Waals surface area (Å²) in [5, 5.41) is 0. The van der Waals surface area contributed by atoms with Crippen LogP contribution in [0.15, 0.2) is 48.5 Å². The summed E-state index contributed by atoms with van der Waals surface area (Å²) in [7, 11) is 0. The van der Waals surface area contributed by atoms with Crippen LogP contribution >= 0.6 is 0 Å². The molecule has 152 valence electrons. The Balaban J connectivity index is 1.43. The maximum Gasteiger partial charge on any atom is 0.276 e. The first-order valence-corrected chi connectivity index (χ1v) is 9.53. The Bertz CT molecular complexity index is 898. The van der Waals surface area contributed by atoms with E-state index < -0.39 is 11.8 Å².